The molecule has 4 N–H and O–H groups in total. The molecule has 1 unspecified atom stereocenters. The lowest BCUT2D eigenvalue weighted by Crippen LogP contribution is -2.37. The van der Waals surface area contributed by atoms with Crippen molar-refractivity contribution in [1.29, 1.82) is 0 Å². The molecule has 28 heavy (non-hydrogen) atoms. The lowest BCUT2D eigenvalue weighted by Gasteiger charge is -2.12. The van der Waals surface area contributed by atoms with Crippen LogP contribution in [0.5, 0.6) is 0 Å². The molecule has 4 aromatic rings. The molecule has 2 heterocycles. The second-order valence-corrected chi connectivity index (χ2v) is 6.62. The van der Waals surface area contributed by atoms with Crippen LogP contribution in [-0.4, -0.2) is 16.9 Å². The van der Waals surface area contributed by atoms with Crippen molar-refractivity contribution in [2.75, 3.05) is 5.32 Å². The first-order valence-electron chi connectivity index (χ1n) is 8.67. The highest BCUT2D eigenvalue weighted by Gasteiger charge is 2.17. The number of anilines is 1. The van der Waals surface area contributed by atoms with Crippen molar-refractivity contribution in [3.05, 3.63) is 76.3 Å². The van der Waals surface area contributed by atoms with Gasteiger partial charge < -0.3 is 20.5 Å². The van der Waals surface area contributed by atoms with Crippen LogP contribution in [0.4, 0.5) is 5.69 Å². The summed E-state index contributed by atoms with van der Waals surface area (Å²) >= 11 is 0. The Morgan fingerprint density at radius 1 is 1.18 bits per heavy atom. The fourth-order valence-electron chi connectivity index (χ4n) is 3.27. The highest BCUT2D eigenvalue weighted by Crippen LogP contribution is 2.22. The van der Waals surface area contributed by atoms with Gasteiger partial charge in [-0.1, -0.05) is 18.2 Å². The Morgan fingerprint density at radius 2 is 1.96 bits per heavy atom. The Kier molecular flexibility index (Phi) is 5.53. The Bertz CT molecular complexity index is 1210. The molecule has 4 rings (SSSR count). The minimum atomic E-state index is -0.704. The average molecular weight is 398 g/mol. The van der Waals surface area contributed by atoms with Gasteiger partial charge in [-0.25, -0.2) is 4.79 Å². The van der Waals surface area contributed by atoms with Crippen LogP contribution in [-0.2, 0) is 11.2 Å². The fraction of sp³-hybridized carbons (Fsp3) is 0.143. The van der Waals surface area contributed by atoms with E-state index in [9.17, 15) is 9.59 Å². The normalized spacial score (nSPS) is 11.9. The largest absolute Gasteiger partial charge is 0.423 e. The van der Waals surface area contributed by atoms with Gasteiger partial charge in [-0.3, -0.25) is 4.79 Å². The number of carbonyl (C=O) groups is 1. The van der Waals surface area contributed by atoms with E-state index >= 15 is 0 Å². The third-order valence-corrected chi connectivity index (χ3v) is 4.67. The summed E-state index contributed by atoms with van der Waals surface area (Å²) in [7, 11) is 0. The van der Waals surface area contributed by atoms with Crippen molar-refractivity contribution in [2.45, 2.75) is 19.4 Å². The number of aromatic amines is 1. The molecule has 2 aromatic heterocycles. The lowest BCUT2D eigenvalue weighted by atomic mass is 10.0. The minimum Gasteiger partial charge on any atom is -0.423 e. The number of aryl methyl sites for hydroxylation is 1. The van der Waals surface area contributed by atoms with Crippen LogP contribution in [0.15, 0.2) is 63.9 Å². The SMILES string of the molecule is Cc1cc(=O)oc2cc(NC(=O)C(N)Cc3c[nH]c4ccccc34)ccc12.Cl. The molecule has 0 saturated carbocycles. The summed E-state index contributed by atoms with van der Waals surface area (Å²) in [5, 5.41) is 4.69. The van der Waals surface area contributed by atoms with Gasteiger partial charge in [0.1, 0.15) is 5.58 Å². The Hall–Kier alpha value is -3.09. The summed E-state index contributed by atoms with van der Waals surface area (Å²) < 4.78 is 5.22. The van der Waals surface area contributed by atoms with E-state index in [1.807, 2.05) is 43.5 Å². The van der Waals surface area contributed by atoms with Crippen LogP contribution < -0.4 is 16.7 Å². The van der Waals surface area contributed by atoms with Gasteiger partial charge in [-0.2, -0.15) is 0 Å². The van der Waals surface area contributed by atoms with Gasteiger partial charge in [-0.15, -0.1) is 12.4 Å². The number of amides is 1. The number of H-pyrrole nitrogens is 1. The van der Waals surface area contributed by atoms with Crippen LogP contribution in [0.2, 0.25) is 0 Å². The number of aromatic nitrogens is 1. The molecule has 1 atom stereocenters. The standard InChI is InChI=1S/C21H19N3O3.ClH/c1-12-8-20(25)27-19-10-14(6-7-15(12)19)24-21(26)17(22)9-13-11-23-18-5-3-2-4-16(13)18;/h2-8,10-11,17,23H,9,22H2,1H3,(H,24,26);1H. The van der Waals surface area contributed by atoms with E-state index in [2.05, 4.69) is 10.3 Å². The highest BCUT2D eigenvalue weighted by molar-refractivity contribution is 5.97. The maximum atomic E-state index is 12.5. The van der Waals surface area contributed by atoms with E-state index in [4.69, 9.17) is 10.2 Å². The lowest BCUT2D eigenvalue weighted by molar-refractivity contribution is -0.117. The Labute approximate surface area is 167 Å². The van der Waals surface area contributed by atoms with E-state index < -0.39 is 11.7 Å². The van der Waals surface area contributed by atoms with Crippen molar-refractivity contribution in [1.82, 2.24) is 4.98 Å². The molecule has 0 fully saturated rings. The Morgan fingerprint density at radius 3 is 2.79 bits per heavy atom. The van der Waals surface area contributed by atoms with Crippen LogP contribution in [0.1, 0.15) is 11.1 Å². The van der Waals surface area contributed by atoms with Crippen molar-refractivity contribution in [2.24, 2.45) is 5.73 Å². The summed E-state index contributed by atoms with van der Waals surface area (Å²) in [6, 6.07) is 13.8. The molecule has 6 nitrogen and oxygen atoms in total. The first kappa shape index (κ1) is 19.7. The van der Waals surface area contributed by atoms with Gasteiger partial charge >= 0.3 is 5.63 Å². The predicted octanol–water partition coefficient (Wildman–Crippen LogP) is 3.51. The molecule has 144 valence electrons. The molecule has 0 saturated heterocycles. The van der Waals surface area contributed by atoms with Gasteiger partial charge in [-0.05, 0) is 42.7 Å². The van der Waals surface area contributed by atoms with Gasteiger partial charge in [0.25, 0.3) is 0 Å². The molecular weight excluding hydrogens is 378 g/mol. The van der Waals surface area contributed by atoms with E-state index in [0.717, 1.165) is 27.4 Å². The molecular formula is C21H20ClN3O3. The van der Waals surface area contributed by atoms with Crippen LogP contribution >= 0.6 is 12.4 Å². The van der Waals surface area contributed by atoms with Gasteiger partial charge in [0.15, 0.2) is 0 Å². The second-order valence-electron chi connectivity index (χ2n) is 6.62. The first-order chi connectivity index (χ1) is 13.0. The zero-order chi connectivity index (χ0) is 19.0. The topological polar surface area (TPSA) is 101 Å². The fourth-order valence-corrected chi connectivity index (χ4v) is 3.27. The number of benzene rings is 2. The molecule has 0 aliphatic rings. The third-order valence-electron chi connectivity index (χ3n) is 4.67. The first-order valence-corrected chi connectivity index (χ1v) is 8.67. The van der Waals surface area contributed by atoms with Gasteiger partial charge in [0.05, 0.1) is 6.04 Å². The van der Waals surface area contributed by atoms with Crippen LogP contribution in [0.25, 0.3) is 21.9 Å². The Balaban J connectivity index is 0.00000225. The monoisotopic (exact) mass is 397 g/mol. The molecule has 0 spiro atoms. The predicted molar refractivity (Wildman–Crippen MR) is 113 cm³/mol. The van der Waals surface area contributed by atoms with Crippen molar-refractivity contribution < 1.29 is 9.21 Å². The maximum absolute atomic E-state index is 12.5. The van der Waals surface area contributed by atoms with E-state index in [1.54, 1.807) is 12.1 Å². The molecule has 0 aliphatic heterocycles. The summed E-state index contributed by atoms with van der Waals surface area (Å²) in [4.78, 5) is 27.2. The third kappa shape index (κ3) is 3.78. The quantitative estimate of drug-likeness (QED) is 0.458. The van der Waals surface area contributed by atoms with Gasteiger partial charge in [0.2, 0.25) is 5.91 Å². The summed E-state index contributed by atoms with van der Waals surface area (Å²) in [6.45, 7) is 1.84. The van der Waals surface area contributed by atoms with Crippen LogP contribution in [0, 0.1) is 6.92 Å². The highest BCUT2D eigenvalue weighted by atomic mass is 35.5. The molecule has 0 aliphatic carbocycles. The molecule has 7 heteroatoms. The number of halogens is 1. The van der Waals surface area contributed by atoms with Crippen LogP contribution in [0.3, 0.4) is 0 Å². The van der Waals surface area contributed by atoms with E-state index in [1.165, 1.54) is 6.07 Å². The maximum Gasteiger partial charge on any atom is 0.336 e. The number of fused-ring (bicyclic) bond motifs is 2. The number of nitrogens with two attached hydrogens (primary N) is 1. The van der Waals surface area contributed by atoms with Crippen molar-refractivity contribution in [3.63, 3.8) is 0 Å². The molecule has 0 radical (unpaired) electrons. The van der Waals surface area contributed by atoms with Crippen molar-refractivity contribution >= 4 is 45.9 Å². The summed E-state index contributed by atoms with van der Waals surface area (Å²) in [6.07, 6.45) is 2.29. The minimum absolute atomic E-state index is 0. The van der Waals surface area contributed by atoms with Gasteiger partial charge in [0, 0.05) is 40.3 Å². The molecule has 2 aromatic carbocycles. The second kappa shape index (κ2) is 7.88. The van der Waals surface area contributed by atoms with E-state index in [0.29, 0.717) is 17.7 Å². The number of hydrogen-bond acceptors (Lipinski definition) is 4. The number of nitrogens with one attached hydrogen (secondary N) is 2. The summed E-state index contributed by atoms with van der Waals surface area (Å²) in [5.74, 6) is -0.297. The number of carbonyl (C=O) groups excluding carboxylic acids is 1. The smallest absolute Gasteiger partial charge is 0.336 e. The zero-order valence-corrected chi connectivity index (χ0v) is 16.0. The number of para-hydroxylation sites is 1. The molecule has 0 bridgehead atoms. The zero-order valence-electron chi connectivity index (χ0n) is 15.2. The van der Waals surface area contributed by atoms with Crippen molar-refractivity contribution in [3.8, 4) is 0 Å². The average Bonchev–Trinajstić information content (AvgIpc) is 3.04. The number of rotatable bonds is 4. The molecule has 1 amide bonds. The summed E-state index contributed by atoms with van der Waals surface area (Å²) in [5.41, 5.74) is 9.50. The van der Waals surface area contributed by atoms with E-state index in [-0.39, 0.29) is 18.3 Å². The number of hydrogen-bond donors (Lipinski definition) is 3.